The van der Waals surface area contributed by atoms with Crippen molar-refractivity contribution in [3.63, 3.8) is 0 Å². The van der Waals surface area contributed by atoms with Gasteiger partial charge < -0.3 is 9.84 Å². The minimum absolute atomic E-state index is 0.0794. The maximum atomic E-state index is 11.8. The summed E-state index contributed by atoms with van der Waals surface area (Å²) in [5.74, 6) is -0.338. The summed E-state index contributed by atoms with van der Waals surface area (Å²) in [4.78, 5) is 29.6. The third-order valence-corrected chi connectivity index (χ3v) is 3.70. The Morgan fingerprint density at radius 2 is 2.09 bits per heavy atom. The van der Waals surface area contributed by atoms with Gasteiger partial charge in [0.25, 0.3) is 0 Å². The van der Waals surface area contributed by atoms with Gasteiger partial charge in [0.15, 0.2) is 0 Å². The molecule has 2 heterocycles. The van der Waals surface area contributed by atoms with Crippen LogP contribution in [0.25, 0.3) is 6.08 Å². The molecule has 8 nitrogen and oxygen atoms in total. The molecule has 0 bridgehead atoms. The maximum Gasteiger partial charge on any atom is 0.437 e. The van der Waals surface area contributed by atoms with E-state index in [2.05, 4.69) is 15.1 Å². The Bertz CT molecular complexity index is 847. The SMILES string of the molecule is COc1ccc([N+]2=NOC(=O)/C2=C\c2sc(=O)[nH]c2O)cc1. The summed E-state index contributed by atoms with van der Waals surface area (Å²) in [7, 11) is 1.55. The first-order valence-corrected chi connectivity index (χ1v) is 6.90. The number of methoxy groups -OCH3 is 1. The molecule has 0 saturated heterocycles. The van der Waals surface area contributed by atoms with E-state index in [1.807, 2.05) is 0 Å². The predicted octanol–water partition coefficient (Wildman–Crippen LogP) is 1.76. The number of hydrogen-bond donors (Lipinski definition) is 2. The molecule has 1 aliphatic heterocycles. The number of hydrogen-bond acceptors (Lipinski definition) is 7. The highest BCUT2D eigenvalue weighted by molar-refractivity contribution is 7.10. The fourth-order valence-corrected chi connectivity index (χ4v) is 2.50. The normalized spacial score (nSPS) is 15.8. The highest BCUT2D eigenvalue weighted by Crippen LogP contribution is 2.28. The van der Waals surface area contributed by atoms with E-state index in [4.69, 9.17) is 4.74 Å². The Balaban J connectivity index is 2.01. The van der Waals surface area contributed by atoms with Crippen molar-refractivity contribution in [3.05, 3.63) is 44.5 Å². The molecule has 1 aromatic heterocycles. The van der Waals surface area contributed by atoms with Crippen molar-refractivity contribution in [2.45, 2.75) is 0 Å². The zero-order chi connectivity index (χ0) is 15.7. The molecule has 2 N–H and O–H groups in total. The van der Waals surface area contributed by atoms with Crippen molar-refractivity contribution >= 4 is 29.1 Å². The third-order valence-electron chi connectivity index (χ3n) is 2.88. The summed E-state index contributed by atoms with van der Waals surface area (Å²) in [5.41, 5.74) is 0.649. The standard InChI is InChI=1S/C13H9N3O5S/c1-20-8-4-2-7(3-5-8)16-9(12(18)21-15-16)6-10-11(17)14-13(19)22-10/h2-6H,1H3,(H-,14,15,17,18,19)/p+1. The quantitative estimate of drug-likeness (QED) is 0.662. The number of H-pyrrole nitrogens is 1. The Hall–Kier alpha value is -2.94. The second-order valence-electron chi connectivity index (χ2n) is 4.23. The average Bonchev–Trinajstić information content (AvgIpc) is 3.03. The molecular weight excluding hydrogens is 310 g/mol. The topological polar surface area (TPSA) is 104 Å². The van der Waals surface area contributed by atoms with Gasteiger partial charge in [0, 0.05) is 18.2 Å². The Labute approximate surface area is 127 Å². The van der Waals surface area contributed by atoms with Gasteiger partial charge in [0.2, 0.25) is 16.8 Å². The van der Waals surface area contributed by atoms with Gasteiger partial charge >= 0.3 is 16.5 Å². The number of aromatic amines is 1. The number of nitrogens with one attached hydrogen (secondary N) is 1. The molecule has 3 rings (SSSR count). The summed E-state index contributed by atoms with van der Waals surface area (Å²) >= 11 is 0.773. The molecule has 0 radical (unpaired) electrons. The molecular formula is C13H10N3O5S+. The molecule has 1 aromatic carbocycles. The minimum Gasteiger partial charge on any atom is -0.497 e. The molecule has 112 valence electrons. The van der Waals surface area contributed by atoms with Crippen LogP contribution in [0.2, 0.25) is 0 Å². The van der Waals surface area contributed by atoms with Gasteiger partial charge in [-0.2, -0.15) is 0 Å². The van der Waals surface area contributed by atoms with Crippen molar-refractivity contribution in [2.24, 2.45) is 5.28 Å². The number of aromatic hydroxyl groups is 1. The van der Waals surface area contributed by atoms with Crippen LogP contribution in [-0.2, 0) is 9.63 Å². The first-order chi connectivity index (χ1) is 10.6. The Morgan fingerprint density at radius 1 is 1.36 bits per heavy atom. The van der Waals surface area contributed by atoms with Crippen LogP contribution in [0.5, 0.6) is 11.6 Å². The molecule has 0 atom stereocenters. The van der Waals surface area contributed by atoms with Crippen molar-refractivity contribution in [1.29, 1.82) is 0 Å². The lowest BCUT2D eigenvalue weighted by molar-refractivity contribution is -0.462. The van der Waals surface area contributed by atoms with Crippen molar-refractivity contribution in [1.82, 2.24) is 4.98 Å². The van der Waals surface area contributed by atoms with Crippen molar-refractivity contribution in [2.75, 3.05) is 7.11 Å². The monoisotopic (exact) mass is 320 g/mol. The molecule has 0 amide bonds. The molecule has 0 spiro atoms. The number of aromatic nitrogens is 1. The van der Waals surface area contributed by atoms with Gasteiger partial charge in [0.1, 0.15) is 5.75 Å². The number of rotatable bonds is 3. The van der Waals surface area contributed by atoms with Crippen LogP contribution in [0, 0.1) is 0 Å². The molecule has 0 fully saturated rings. The Morgan fingerprint density at radius 3 is 2.68 bits per heavy atom. The summed E-state index contributed by atoms with van der Waals surface area (Å²) < 4.78 is 6.33. The lowest BCUT2D eigenvalue weighted by Gasteiger charge is -1.97. The number of benzene rings is 1. The summed E-state index contributed by atoms with van der Waals surface area (Å²) in [6, 6.07) is 6.80. The second kappa shape index (κ2) is 5.45. The Kier molecular flexibility index (Phi) is 3.47. The first kappa shape index (κ1) is 14.0. The van der Waals surface area contributed by atoms with E-state index in [-0.39, 0.29) is 16.5 Å². The third kappa shape index (κ3) is 2.49. The smallest absolute Gasteiger partial charge is 0.437 e. The van der Waals surface area contributed by atoms with Crippen LogP contribution in [0.4, 0.5) is 5.69 Å². The zero-order valence-corrected chi connectivity index (χ0v) is 12.1. The summed E-state index contributed by atoms with van der Waals surface area (Å²) in [6.45, 7) is 0. The zero-order valence-electron chi connectivity index (χ0n) is 11.3. The highest BCUT2D eigenvalue weighted by atomic mass is 32.1. The average molecular weight is 320 g/mol. The molecule has 2 aromatic rings. The first-order valence-electron chi connectivity index (χ1n) is 6.09. The van der Waals surface area contributed by atoms with E-state index in [9.17, 15) is 14.7 Å². The number of nitrogens with zero attached hydrogens (tertiary/aromatic N) is 2. The summed E-state index contributed by atoms with van der Waals surface area (Å²) in [5, 5.41) is 13.3. The van der Waals surface area contributed by atoms with Gasteiger partial charge in [-0.3, -0.25) is 14.6 Å². The van der Waals surface area contributed by atoms with Crippen molar-refractivity contribution < 1.29 is 24.2 Å². The summed E-state index contributed by atoms with van der Waals surface area (Å²) in [6.07, 6.45) is 1.33. The van der Waals surface area contributed by atoms with Crippen LogP contribution < -0.4 is 9.61 Å². The molecule has 22 heavy (non-hydrogen) atoms. The van der Waals surface area contributed by atoms with Gasteiger partial charge in [-0.15, -0.1) is 0 Å². The predicted molar refractivity (Wildman–Crippen MR) is 76.0 cm³/mol. The van der Waals surface area contributed by atoms with E-state index < -0.39 is 10.8 Å². The molecule has 9 heteroatoms. The lowest BCUT2D eigenvalue weighted by atomic mass is 10.2. The molecule has 0 unspecified atom stereocenters. The van der Waals surface area contributed by atoms with Gasteiger partial charge in [-0.25, -0.2) is 4.79 Å². The second-order valence-corrected chi connectivity index (χ2v) is 5.24. The minimum atomic E-state index is -0.684. The van der Waals surface area contributed by atoms with Crippen molar-refractivity contribution in [3.8, 4) is 11.6 Å². The van der Waals surface area contributed by atoms with Crippen LogP contribution >= 0.6 is 11.3 Å². The molecule has 0 aliphatic carbocycles. The maximum absolute atomic E-state index is 11.8. The van der Waals surface area contributed by atoms with Gasteiger partial charge in [-0.05, 0) is 16.8 Å². The number of ether oxygens (including phenoxy) is 1. The largest absolute Gasteiger partial charge is 0.497 e. The van der Waals surface area contributed by atoms with E-state index in [0.717, 1.165) is 11.3 Å². The van der Waals surface area contributed by atoms with Crippen LogP contribution in [0.3, 0.4) is 0 Å². The highest BCUT2D eigenvalue weighted by Gasteiger charge is 2.37. The van der Waals surface area contributed by atoms with Crippen LogP contribution in [0.1, 0.15) is 4.88 Å². The number of carbonyl (C=O) groups excluding carboxylic acids is 1. The molecule has 0 saturated carbocycles. The van der Waals surface area contributed by atoms with Gasteiger partial charge in [-0.1, -0.05) is 11.3 Å². The van der Waals surface area contributed by atoms with E-state index in [1.165, 1.54) is 10.8 Å². The molecule has 1 aliphatic rings. The van der Waals surface area contributed by atoms with E-state index in [1.54, 1.807) is 31.4 Å². The number of thiazole rings is 1. The fraction of sp³-hybridized carbons (Fsp3) is 0.0769. The van der Waals surface area contributed by atoms with Crippen LogP contribution in [-0.4, -0.2) is 27.9 Å². The van der Waals surface area contributed by atoms with E-state index in [0.29, 0.717) is 11.4 Å². The van der Waals surface area contributed by atoms with E-state index >= 15 is 0 Å². The lowest BCUT2D eigenvalue weighted by Crippen LogP contribution is -2.05. The van der Waals surface area contributed by atoms with Gasteiger partial charge in [0.05, 0.1) is 12.0 Å². The van der Waals surface area contributed by atoms with Crippen LogP contribution in [0.15, 0.2) is 40.0 Å². The number of carbonyl (C=O) groups is 1. The fourth-order valence-electron chi connectivity index (χ4n) is 1.84.